The Hall–Kier alpha value is -1.46. The number of methoxy groups -OCH3 is 3. The summed E-state index contributed by atoms with van der Waals surface area (Å²) in [5.74, 6) is 2.55. The highest BCUT2D eigenvalue weighted by Crippen LogP contribution is 2.39. The molecule has 1 aromatic rings. The summed E-state index contributed by atoms with van der Waals surface area (Å²) < 4.78 is 16.1. The molecule has 118 valence electrons. The molecule has 0 saturated heterocycles. The van der Waals surface area contributed by atoms with Gasteiger partial charge in [-0.15, -0.1) is 0 Å². The predicted octanol–water partition coefficient (Wildman–Crippen LogP) is 1.96. The fourth-order valence-corrected chi connectivity index (χ4v) is 2.95. The van der Waals surface area contributed by atoms with Gasteiger partial charge < -0.3 is 24.6 Å². The van der Waals surface area contributed by atoms with Crippen LogP contribution in [0.3, 0.4) is 0 Å². The molecule has 21 heavy (non-hydrogen) atoms. The molecule has 5 heteroatoms. The fraction of sp³-hybridized carbons (Fsp3) is 0.625. The Kier molecular flexibility index (Phi) is 5.70. The van der Waals surface area contributed by atoms with Crippen molar-refractivity contribution in [3.8, 4) is 17.2 Å². The van der Waals surface area contributed by atoms with E-state index in [4.69, 9.17) is 14.2 Å². The van der Waals surface area contributed by atoms with Crippen LogP contribution in [0.25, 0.3) is 0 Å². The molecule has 0 aliphatic heterocycles. The Bertz CT molecular complexity index is 464. The normalized spacial score (nSPS) is 21.3. The first-order valence-electron chi connectivity index (χ1n) is 7.36. The van der Waals surface area contributed by atoms with Gasteiger partial charge in [-0.2, -0.15) is 0 Å². The third kappa shape index (κ3) is 3.80. The Labute approximate surface area is 126 Å². The molecule has 5 nitrogen and oxygen atoms in total. The Morgan fingerprint density at radius 2 is 1.86 bits per heavy atom. The lowest BCUT2D eigenvalue weighted by atomic mass is 10.1. The quantitative estimate of drug-likeness (QED) is 0.805. The van der Waals surface area contributed by atoms with Gasteiger partial charge in [-0.05, 0) is 37.8 Å². The molecular weight excluding hydrogens is 270 g/mol. The van der Waals surface area contributed by atoms with Gasteiger partial charge in [-0.3, -0.25) is 0 Å². The van der Waals surface area contributed by atoms with Crippen LogP contribution in [0.5, 0.6) is 17.2 Å². The maximum Gasteiger partial charge on any atom is 0.203 e. The van der Waals surface area contributed by atoms with Crippen molar-refractivity contribution in [3.05, 3.63) is 17.7 Å². The smallest absolute Gasteiger partial charge is 0.203 e. The molecule has 2 atom stereocenters. The van der Waals surface area contributed by atoms with E-state index in [0.717, 1.165) is 31.4 Å². The third-order valence-corrected chi connectivity index (χ3v) is 4.05. The first-order valence-corrected chi connectivity index (χ1v) is 7.36. The lowest BCUT2D eigenvalue weighted by Crippen LogP contribution is -2.21. The number of rotatable bonds is 7. The molecule has 0 spiro atoms. The SMILES string of the molecule is COc1ccc(CNCC2CCC(O)C2)c(OC)c1OC. The van der Waals surface area contributed by atoms with Crippen LogP contribution >= 0.6 is 0 Å². The summed E-state index contributed by atoms with van der Waals surface area (Å²) in [6.45, 7) is 1.62. The van der Waals surface area contributed by atoms with E-state index in [1.54, 1.807) is 21.3 Å². The van der Waals surface area contributed by atoms with Crippen molar-refractivity contribution < 1.29 is 19.3 Å². The van der Waals surface area contributed by atoms with Gasteiger partial charge >= 0.3 is 0 Å². The second-order valence-electron chi connectivity index (χ2n) is 5.46. The standard InChI is InChI=1S/C16H25NO4/c1-19-14-7-5-12(15(20-2)16(14)21-3)10-17-9-11-4-6-13(18)8-11/h5,7,11,13,17-18H,4,6,8-10H2,1-3H3. The van der Waals surface area contributed by atoms with Gasteiger partial charge in [0, 0.05) is 12.1 Å². The van der Waals surface area contributed by atoms with Crippen LogP contribution in [0.1, 0.15) is 24.8 Å². The topological polar surface area (TPSA) is 60.0 Å². The fourth-order valence-electron chi connectivity index (χ4n) is 2.95. The van der Waals surface area contributed by atoms with Crippen molar-refractivity contribution in [2.45, 2.75) is 31.9 Å². The summed E-state index contributed by atoms with van der Waals surface area (Å²) in [4.78, 5) is 0. The molecule has 2 N–H and O–H groups in total. The van der Waals surface area contributed by atoms with Crippen molar-refractivity contribution in [1.82, 2.24) is 5.32 Å². The van der Waals surface area contributed by atoms with Gasteiger partial charge in [0.1, 0.15) is 0 Å². The minimum atomic E-state index is -0.118. The Balaban J connectivity index is 1.99. The molecule has 2 rings (SSSR count). The first-order chi connectivity index (χ1) is 10.2. The first kappa shape index (κ1) is 15.9. The third-order valence-electron chi connectivity index (χ3n) is 4.05. The molecule has 0 amide bonds. The molecule has 0 radical (unpaired) electrons. The number of ether oxygens (including phenoxy) is 3. The largest absolute Gasteiger partial charge is 0.493 e. The van der Waals surface area contributed by atoms with Gasteiger partial charge in [0.25, 0.3) is 0 Å². The van der Waals surface area contributed by atoms with E-state index in [0.29, 0.717) is 29.7 Å². The van der Waals surface area contributed by atoms with Gasteiger partial charge in [0.2, 0.25) is 5.75 Å². The van der Waals surface area contributed by atoms with E-state index >= 15 is 0 Å². The van der Waals surface area contributed by atoms with Crippen molar-refractivity contribution in [2.24, 2.45) is 5.92 Å². The maximum absolute atomic E-state index is 9.55. The van der Waals surface area contributed by atoms with Gasteiger partial charge in [-0.25, -0.2) is 0 Å². The molecule has 2 unspecified atom stereocenters. The lowest BCUT2D eigenvalue weighted by molar-refractivity contribution is 0.177. The highest BCUT2D eigenvalue weighted by Gasteiger charge is 2.22. The zero-order valence-corrected chi connectivity index (χ0v) is 13.0. The second kappa shape index (κ2) is 7.52. The van der Waals surface area contributed by atoms with Gasteiger partial charge in [0.05, 0.1) is 27.4 Å². The predicted molar refractivity (Wildman–Crippen MR) is 81.2 cm³/mol. The van der Waals surface area contributed by atoms with Gasteiger partial charge in [0.15, 0.2) is 11.5 Å². The van der Waals surface area contributed by atoms with Crippen LogP contribution in [0.15, 0.2) is 12.1 Å². The molecule has 1 aliphatic rings. The zero-order valence-electron chi connectivity index (χ0n) is 13.0. The van der Waals surface area contributed by atoms with Crippen LogP contribution < -0.4 is 19.5 Å². The number of nitrogens with one attached hydrogen (secondary N) is 1. The van der Waals surface area contributed by atoms with E-state index in [-0.39, 0.29) is 6.10 Å². The summed E-state index contributed by atoms with van der Waals surface area (Å²) in [6.07, 6.45) is 2.80. The van der Waals surface area contributed by atoms with Crippen molar-refractivity contribution >= 4 is 0 Å². The molecular formula is C16H25NO4. The number of aliphatic hydroxyl groups excluding tert-OH is 1. The molecule has 1 aromatic carbocycles. The molecule has 0 bridgehead atoms. The van der Waals surface area contributed by atoms with E-state index in [9.17, 15) is 5.11 Å². The maximum atomic E-state index is 9.55. The van der Waals surface area contributed by atoms with Crippen molar-refractivity contribution in [3.63, 3.8) is 0 Å². The van der Waals surface area contributed by atoms with E-state index in [1.165, 1.54) is 0 Å². The molecule has 1 aliphatic carbocycles. The minimum Gasteiger partial charge on any atom is -0.493 e. The van der Waals surface area contributed by atoms with E-state index in [1.807, 2.05) is 12.1 Å². The van der Waals surface area contributed by atoms with E-state index in [2.05, 4.69) is 5.32 Å². The zero-order chi connectivity index (χ0) is 15.2. The van der Waals surface area contributed by atoms with Crippen LogP contribution in [0, 0.1) is 5.92 Å². The van der Waals surface area contributed by atoms with Crippen molar-refractivity contribution in [2.75, 3.05) is 27.9 Å². The number of hydrogen-bond donors (Lipinski definition) is 2. The summed E-state index contributed by atoms with van der Waals surface area (Å²) in [5.41, 5.74) is 1.04. The van der Waals surface area contributed by atoms with Crippen LogP contribution in [-0.4, -0.2) is 39.1 Å². The molecule has 0 aromatic heterocycles. The Morgan fingerprint density at radius 1 is 1.10 bits per heavy atom. The van der Waals surface area contributed by atoms with Crippen LogP contribution in [-0.2, 0) is 6.54 Å². The van der Waals surface area contributed by atoms with Crippen LogP contribution in [0.2, 0.25) is 0 Å². The van der Waals surface area contributed by atoms with Gasteiger partial charge in [-0.1, -0.05) is 6.07 Å². The summed E-state index contributed by atoms with van der Waals surface area (Å²) in [6, 6.07) is 3.87. The number of benzene rings is 1. The minimum absolute atomic E-state index is 0.118. The van der Waals surface area contributed by atoms with Crippen LogP contribution in [0.4, 0.5) is 0 Å². The van der Waals surface area contributed by atoms with Crippen molar-refractivity contribution in [1.29, 1.82) is 0 Å². The highest BCUT2D eigenvalue weighted by atomic mass is 16.5. The average Bonchev–Trinajstić information content (AvgIpc) is 2.91. The average molecular weight is 295 g/mol. The summed E-state index contributed by atoms with van der Waals surface area (Å²) >= 11 is 0. The molecule has 0 heterocycles. The summed E-state index contributed by atoms with van der Waals surface area (Å²) in [7, 11) is 4.85. The monoisotopic (exact) mass is 295 g/mol. The number of hydrogen-bond acceptors (Lipinski definition) is 5. The Morgan fingerprint density at radius 3 is 2.43 bits per heavy atom. The number of aliphatic hydroxyl groups is 1. The highest BCUT2D eigenvalue weighted by molar-refractivity contribution is 5.55. The molecule has 1 saturated carbocycles. The molecule has 1 fully saturated rings. The van der Waals surface area contributed by atoms with E-state index < -0.39 is 0 Å². The second-order valence-corrected chi connectivity index (χ2v) is 5.46. The lowest BCUT2D eigenvalue weighted by Gasteiger charge is -2.17. The summed E-state index contributed by atoms with van der Waals surface area (Å²) in [5, 5.41) is 13.0.